The average molecular weight is 481 g/mol. The van der Waals surface area contributed by atoms with Crippen molar-refractivity contribution in [3.05, 3.63) is 57.6 Å². The number of piperazine rings is 1. The summed E-state index contributed by atoms with van der Waals surface area (Å²) >= 11 is 3.47. The highest BCUT2D eigenvalue weighted by Crippen LogP contribution is 2.23. The lowest BCUT2D eigenvalue weighted by molar-refractivity contribution is -0.895. The fourth-order valence-corrected chi connectivity index (χ4v) is 5.83. The average Bonchev–Trinajstić information content (AvgIpc) is 2.66. The molecule has 0 spiro atoms. The van der Waals surface area contributed by atoms with Gasteiger partial charge in [-0.15, -0.1) is 0 Å². The zero-order valence-corrected chi connectivity index (χ0v) is 19.4. The molecule has 29 heavy (non-hydrogen) atoms. The number of aryl methyl sites for hydroxylation is 3. The van der Waals surface area contributed by atoms with Gasteiger partial charge in [-0.25, -0.2) is 8.42 Å². The molecule has 156 valence electrons. The third-order valence-corrected chi connectivity index (χ3v) is 7.90. The van der Waals surface area contributed by atoms with Gasteiger partial charge in [-0.05, 0) is 71.6 Å². The number of carbonyl (C=O) groups excluding carboxylic acids is 1. The summed E-state index contributed by atoms with van der Waals surface area (Å²) in [4.78, 5) is 13.9. The standard InChI is InChI=1S/C21H26BrN3O3S/c1-15-5-7-19(18(22)12-15)23-21(26)14-24-8-10-25(11-9-24)29(27,28)20-13-16(2)4-6-17(20)3/h4-7,12-13H,8-11,14H2,1-3H3,(H,23,26)/p+1. The molecular formula is C21H27BrN3O3S+. The van der Waals surface area contributed by atoms with Crippen LogP contribution in [0.4, 0.5) is 5.69 Å². The van der Waals surface area contributed by atoms with Gasteiger partial charge in [0.25, 0.3) is 5.91 Å². The molecule has 2 aromatic carbocycles. The molecule has 1 fully saturated rings. The van der Waals surface area contributed by atoms with Gasteiger partial charge in [-0.3, -0.25) is 4.79 Å². The van der Waals surface area contributed by atoms with Gasteiger partial charge in [0.1, 0.15) is 0 Å². The highest BCUT2D eigenvalue weighted by atomic mass is 79.9. The first-order valence-electron chi connectivity index (χ1n) is 9.64. The summed E-state index contributed by atoms with van der Waals surface area (Å²) in [7, 11) is -3.51. The highest BCUT2D eigenvalue weighted by molar-refractivity contribution is 9.10. The van der Waals surface area contributed by atoms with E-state index in [-0.39, 0.29) is 5.91 Å². The normalized spacial score (nSPS) is 16.0. The van der Waals surface area contributed by atoms with Crippen LogP contribution >= 0.6 is 15.9 Å². The molecule has 1 saturated heterocycles. The molecule has 0 bridgehead atoms. The van der Waals surface area contributed by atoms with Crippen LogP contribution in [0, 0.1) is 20.8 Å². The van der Waals surface area contributed by atoms with Gasteiger partial charge in [0.2, 0.25) is 10.0 Å². The van der Waals surface area contributed by atoms with Crippen molar-refractivity contribution in [2.75, 3.05) is 38.0 Å². The number of hydrogen-bond donors (Lipinski definition) is 2. The SMILES string of the molecule is Cc1ccc(NC(=O)C[NH+]2CCN(S(=O)(=O)c3cc(C)ccc3C)CC2)c(Br)c1. The quantitative estimate of drug-likeness (QED) is 0.686. The number of nitrogens with one attached hydrogen (secondary N) is 2. The number of quaternary nitrogens is 1. The predicted molar refractivity (Wildman–Crippen MR) is 118 cm³/mol. The maximum Gasteiger partial charge on any atom is 0.279 e. The van der Waals surface area contributed by atoms with Crippen LogP contribution in [-0.2, 0) is 14.8 Å². The van der Waals surface area contributed by atoms with Crippen LogP contribution < -0.4 is 10.2 Å². The number of nitrogens with zero attached hydrogens (tertiary/aromatic N) is 1. The summed E-state index contributed by atoms with van der Waals surface area (Å²) in [6, 6.07) is 11.3. The molecule has 2 N–H and O–H groups in total. The number of amides is 1. The minimum Gasteiger partial charge on any atom is -0.325 e. The number of sulfonamides is 1. The molecular weight excluding hydrogens is 454 g/mol. The molecule has 1 aliphatic rings. The van der Waals surface area contributed by atoms with Gasteiger partial charge in [0.15, 0.2) is 6.54 Å². The van der Waals surface area contributed by atoms with E-state index in [0.29, 0.717) is 37.6 Å². The molecule has 2 aromatic rings. The number of benzene rings is 2. The molecule has 1 amide bonds. The van der Waals surface area contributed by atoms with Crippen molar-refractivity contribution in [1.82, 2.24) is 4.31 Å². The Labute approximate surface area is 181 Å². The summed E-state index contributed by atoms with van der Waals surface area (Å²) < 4.78 is 28.4. The van der Waals surface area contributed by atoms with Gasteiger partial charge in [-0.1, -0.05) is 18.2 Å². The van der Waals surface area contributed by atoms with E-state index in [9.17, 15) is 13.2 Å². The molecule has 0 radical (unpaired) electrons. The third kappa shape index (κ3) is 5.25. The summed E-state index contributed by atoms with van der Waals surface area (Å²) in [6.07, 6.45) is 0. The number of halogens is 1. The maximum absolute atomic E-state index is 13.0. The minimum absolute atomic E-state index is 0.0737. The molecule has 0 unspecified atom stereocenters. The van der Waals surface area contributed by atoms with Crippen molar-refractivity contribution in [2.45, 2.75) is 25.7 Å². The van der Waals surface area contributed by atoms with E-state index < -0.39 is 10.0 Å². The second kappa shape index (κ2) is 8.95. The Kier molecular flexibility index (Phi) is 6.78. The van der Waals surface area contributed by atoms with E-state index in [4.69, 9.17) is 0 Å². The molecule has 3 rings (SSSR count). The Morgan fingerprint density at radius 1 is 1.07 bits per heavy atom. The molecule has 1 aliphatic heterocycles. The van der Waals surface area contributed by atoms with E-state index in [0.717, 1.165) is 31.8 Å². The van der Waals surface area contributed by atoms with Crippen LogP contribution in [0.3, 0.4) is 0 Å². The van der Waals surface area contributed by atoms with Crippen LogP contribution in [0.5, 0.6) is 0 Å². The molecule has 1 heterocycles. The molecule has 0 aromatic heterocycles. The summed E-state index contributed by atoms with van der Waals surface area (Å²) in [5.41, 5.74) is 3.55. The first-order chi connectivity index (χ1) is 13.7. The van der Waals surface area contributed by atoms with E-state index in [2.05, 4.69) is 21.2 Å². The predicted octanol–water partition coefficient (Wildman–Crippen LogP) is 1.90. The zero-order valence-electron chi connectivity index (χ0n) is 17.0. The minimum atomic E-state index is -3.51. The van der Waals surface area contributed by atoms with Crippen molar-refractivity contribution < 1.29 is 18.1 Å². The second-order valence-corrected chi connectivity index (χ2v) is 10.4. The van der Waals surface area contributed by atoms with Crippen molar-refractivity contribution >= 4 is 37.5 Å². The lowest BCUT2D eigenvalue weighted by atomic mass is 10.2. The van der Waals surface area contributed by atoms with Gasteiger partial charge >= 0.3 is 0 Å². The Morgan fingerprint density at radius 2 is 1.69 bits per heavy atom. The molecule has 0 atom stereocenters. The molecule has 0 saturated carbocycles. The van der Waals surface area contributed by atoms with Crippen molar-refractivity contribution in [3.63, 3.8) is 0 Å². The number of anilines is 1. The van der Waals surface area contributed by atoms with E-state index >= 15 is 0 Å². The van der Waals surface area contributed by atoms with E-state index in [1.165, 1.54) is 4.31 Å². The van der Waals surface area contributed by atoms with E-state index in [1.54, 1.807) is 6.07 Å². The third-order valence-electron chi connectivity index (χ3n) is 5.20. The smallest absolute Gasteiger partial charge is 0.279 e. The van der Waals surface area contributed by atoms with Crippen LogP contribution in [0.25, 0.3) is 0 Å². The maximum atomic E-state index is 13.0. The highest BCUT2D eigenvalue weighted by Gasteiger charge is 2.32. The van der Waals surface area contributed by atoms with Crippen molar-refractivity contribution in [3.8, 4) is 0 Å². The lowest BCUT2D eigenvalue weighted by Gasteiger charge is -2.31. The molecule has 8 heteroatoms. The Hall–Kier alpha value is -1.74. The Balaban J connectivity index is 1.58. The second-order valence-electron chi connectivity index (χ2n) is 7.63. The first kappa shape index (κ1) is 22.0. The van der Waals surface area contributed by atoms with Crippen LogP contribution in [0.2, 0.25) is 0 Å². The van der Waals surface area contributed by atoms with Crippen molar-refractivity contribution in [1.29, 1.82) is 0 Å². The monoisotopic (exact) mass is 480 g/mol. The van der Waals surface area contributed by atoms with Crippen LogP contribution in [-0.4, -0.2) is 51.4 Å². The molecule has 0 aliphatic carbocycles. The Bertz CT molecular complexity index is 1020. The van der Waals surface area contributed by atoms with Gasteiger partial charge < -0.3 is 10.2 Å². The summed E-state index contributed by atoms with van der Waals surface area (Å²) in [5, 5.41) is 2.93. The van der Waals surface area contributed by atoms with Crippen LogP contribution in [0.15, 0.2) is 45.8 Å². The van der Waals surface area contributed by atoms with Gasteiger partial charge in [0, 0.05) is 4.47 Å². The lowest BCUT2D eigenvalue weighted by Crippen LogP contribution is -3.15. The van der Waals surface area contributed by atoms with Gasteiger partial charge in [-0.2, -0.15) is 4.31 Å². The topological polar surface area (TPSA) is 70.9 Å². The molecule has 6 nitrogen and oxygen atoms in total. The first-order valence-corrected chi connectivity index (χ1v) is 11.9. The fourth-order valence-electron chi connectivity index (χ4n) is 3.49. The number of rotatable bonds is 5. The summed E-state index contributed by atoms with van der Waals surface area (Å²) in [5.74, 6) is -0.0737. The fraction of sp³-hybridized carbons (Fsp3) is 0.381. The Morgan fingerprint density at radius 3 is 2.34 bits per heavy atom. The zero-order chi connectivity index (χ0) is 21.2. The summed E-state index contributed by atoms with van der Waals surface area (Å²) in [6.45, 7) is 8.05. The van der Waals surface area contributed by atoms with E-state index in [1.807, 2.05) is 51.1 Å². The largest absolute Gasteiger partial charge is 0.325 e. The number of carbonyl (C=O) groups is 1. The van der Waals surface area contributed by atoms with Crippen LogP contribution in [0.1, 0.15) is 16.7 Å². The van der Waals surface area contributed by atoms with Crippen molar-refractivity contribution in [2.24, 2.45) is 0 Å². The number of hydrogen-bond acceptors (Lipinski definition) is 3. The van der Waals surface area contributed by atoms with Gasteiger partial charge in [0.05, 0.1) is 36.8 Å².